The normalized spacial score (nSPS) is 15.7. The van der Waals surface area contributed by atoms with E-state index in [2.05, 4.69) is 40.1 Å². The van der Waals surface area contributed by atoms with Crippen molar-refractivity contribution >= 4 is 17.7 Å². The van der Waals surface area contributed by atoms with Crippen molar-refractivity contribution in [2.45, 2.75) is 26.7 Å². The Kier molecular flexibility index (Phi) is 4.42. The Labute approximate surface area is 120 Å². The number of carbonyl (C=O) groups excluding carboxylic acids is 1. The number of hydrogen-bond acceptors (Lipinski definition) is 5. The van der Waals surface area contributed by atoms with Gasteiger partial charge in [-0.05, 0) is 5.92 Å². The van der Waals surface area contributed by atoms with Crippen LogP contribution in [0.4, 0.5) is 11.8 Å². The molecule has 1 fully saturated rings. The smallest absolute Gasteiger partial charge is 0.224 e. The molecular weight excluding hydrogens is 254 g/mol. The van der Waals surface area contributed by atoms with Crippen LogP contribution in [0.3, 0.4) is 0 Å². The zero-order valence-corrected chi connectivity index (χ0v) is 12.7. The number of aromatic nitrogens is 2. The van der Waals surface area contributed by atoms with Crippen LogP contribution in [0, 0.1) is 0 Å². The molecule has 0 atom stereocenters. The third-order valence-corrected chi connectivity index (χ3v) is 3.60. The van der Waals surface area contributed by atoms with Gasteiger partial charge in [-0.15, -0.1) is 0 Å². The molecule has 0 unspecified atom stereocenters. The average Bonchev–Trinajstić information content (AvgIpc) is 2.46. The van der Waals surface area contributed by atoms with Crippen molar-refractivity contribution in [2.24, 2.45) is 0 Å². The van der Waals surface area contributed by atoms with Crippen LogP contribution in [0.2, 0.25) is 0 Å². The fourth-order valence-electron chi connectivity index (χ4n) is 2.27. The van der Waals surface area contributed by atoms with E-state index < -0.39 is 0 Å². The van der Waals surface area contributed by atoms with Gasteiger partial charge >= 0.3 is 0 Å². The van der Waals surface area contributed by atoms with Crippen LogP contribution in [0.5, 0.6) is 0 Å². The number of hydrogen-bond donors (Lipinski definition) is 1. The van der Waals surface area contributed by atoms with Crippen molar-refractivity contribution in [3.8, 4) is 0 Å². The largest absolute Gasteiger partial charge is 0.357 e. The summed E-state index contributed by atoms with van der Waals surface area (Å²) in [5, 5.41) is 3.02. The third-order valence-electron chi connectivity index (χ3n) is 3.60. The SMILES string of the molecule is CNc1nc(C(C)C)cc(N2CCN(C(C)=O)CC2)n1. The maximum absolute atomic E-state index is 11.4. The van der Waals surface area contributed by atoms with E-state index in [1.165, 1.54) is 0 Å². The molecule has 2 rings (SSSR count). The lowest BCUT2D eigenvalue weighted by molar-refractivity contribution is -0.129. The Balaban J connectivity index is 2.16. The second-order valence-electron chi connectivity index (χ2n) is 5.37. The van der Waals surface area contributed by atoms with Gasteiger partial charge in [0.05, 0.1) is 5.69 Å². The number of carbonyl (C=O) groups is 1. The van der Waals surface area contributed by atoms with Gasteiger partial charge in [0.1, 0.15) is 5.82 Å². The van der Waals surface area contributed by atoms with Crippen molar-refractivity contribution in [1.82, 2.24) is 14.9 Å². The first-order valence-corrected chi connectivity index (χ1v) is 7.08. The van der Waals surface area contributed by atoms with Crippen LogP contribution >= 0.6 is 0 Å². The molecular formula is C14H23N5O. The summed E-state index contributed by atoms with van der Waals surface area (Å²) in [6, 6.07) is 2.05. The van der Waals surface area contributed by atoms with Crippen LogP contribution < -0.4 is 10.2 Å². The molecule has 0 radical (unpaired) electrons. The van der Waals surface area contributed by atoms with E-state index in [4.69, 9.17) is 0 Å². The minimum atomic E-state index is 0.145. The topological polar surface area (TPSA) is 61.4 Å². The van der Waals surface area contributed by atoms with Gasteiger partial charge in [-0.1, -0.05) is 13.8 Å². The predicted octanol–water partition coefficient (Wildman–Crippen LogP) is 1.31. The molecule has 1 aliphatic rings. The molecule has 0 saturated carbocycles. The maximum atomic E-state index is 11.4. The zero-order chi connectivity index (χ0) is 14.7. The molecule has 0 bridgehead atoms. The molecule has 1 saturated heterocycles. The first-order valence-electron chi connectivity index (χ1n) is 7.08. The summed E-state index contributed by atoms with van der Waals surface area (Å²) < 4.78 is 0. The molecule has 0 aliphatic carbocycles. The van der Waals surface area contributed by atoms with Crippen molar-refractivity contribution in [3.63, 3.8) is 0 Å². The minimum absolute atomic E-state index is 0.145. The molecule has 1 aliphatic heterocycles. The molecule has 2 heterocycles. The Morgan fingerprint density at radius 1 is 1.25 bits per heavy atom. The summed E-state index contributed by atoms with van der Waals surface area (Å²) in [6.07, 6.45) is 0. The van der Waals surface area contributed by atoms with Gasteiger partial charge < -0.3 is 15.1 Å². The van der Waals surface area contributed by atoms with Gasteiger partial charge in [-0.2, -0.15) is 4.98 Å². The molecule has 1 amide bonds. The highest BCUT2D eigenvalue weighted by atomic mass is 16.2. The number of rotatable bonds is 3. The molecule has 20 heavy (non-hydrogen) atoms. The summed E-state index contributed by atoms with van der Waals surface area (Å²) in [5.41, 5.74) is 1.04. The average molecular weight is 277 g/mol. The maximum Gasteiger partial charge on any atom is 0.224 e. The van der Waals surface area contributed by atoms with Crippen LogP contribution in [0.15, 0.2) is 6.07 Å². The van der Waals surface area contributed by atoms with Gasteiger partial charge in [0.2, 0.25) is 11.9 Å². The number of nitrogens with zero attached hydrogens (tertiary/aromatic N) is 4. The minimum Gasteiger partial charge on any atom is -0.357 e. The number of amides is 1. The van der Waals surface area contributed by atoms with E-state index in [1.54, 1.807) is 6.92 Å². The summed E-state index contributed by atoms with van der Waals surface area (Å²) in [5.74, 6) is 2.10. The van der Waals surface area contributed by atoms with Crippen molar-refractivity contribution < 1.29 is 4.79 Å². The van der Waals surface area contributed by atoms with Crippen molar-refractivity contribution in [2.75, 3.05) is 43.4 Å². The quantitative estimate of drug-likeness (QED) is 0.902. The first-order chi connectivity index (χ1) is 9.51. The molecule has 1 N–H and O–H groups in total. The lowest BCUT2D eigenvalue weighted by Gasteiger charge is -2.35. The van der Waals surface area contributed by atoms with E-state index in [0.29, 0.717) is 11.9 Å². The Morgan fingerprint density at radius 3 is 2.40 bits per heavy atom. The molecule has 0 spiro atoms. The molecule has 1 aromatic rings. The predicted molar refractivity (Wildman–Crippen MR) is 80.1 cm³/mol. The lowest BCUT2D eigenvalue weighted by Crippen LogP contribution is -2.48. The molecule has 110 valence electrons. The standard InChI is InChI=1S/C14H23N5O/c1-10(2)12-9-13(17-14(15-4)16-12)19-7-5-18(6-8-19)11(3)20/h9-10H,5-8H2,1-4H3,(H,15,16,17). The summed E-state index contributed by atoms with van der Waals surface area (Å²) in [7, 11) is 1.83. The molecule has 6 nitrogen and oxygen atoms in total. The third kappa shape index (κ3) is 3.18. The van der Waals surface area contributed by atoms with Crippen LogP contribution in [0.1, 0.15) is 32.4 Å². The summed E-state index contributed by atoms with van der Waals surface area (Å²) in [4.78, 5) is 24.5. The number of piperazine rings is 1. The van der Waals surface area contributed by atoms with Crippen LogP contribution in [-0.2, 0) is 4.79 Å². The molecule has 0 aromatic carbocycles. The Morgan fingerprint density at radius 2 is 1.90 bits per heavy atom. The summed E-state index contributed by atoms with van der Waals surface area (Å²) in [6.45, 7) is 9.01. The molecule has 6 heteroatoms. The Bertz CT molecular complexity index is 480. The number of anilines is 2. The highest BCUT2D eigenvalue weighted by Gasteiger charge is 2.20. The second kappa shape index (κ2) is 6.07. The monoisotopic (exact) mass is 277 g/mol. The number of nitrogens with one attached hydrogen (secondary N) is 1. The van der Waals surface area contributed by atoms with Gasteiger partial charge in [-0.3, -0.25) is 4.79 Å². The Hall–Kier alpha value is -1.85. The fraction of sp³-hybridized carbons (Fsp3) is 0.643. The fourth-order valence-corrected chi connectivity index (χ4v) is 2.27. The van der Waals surface area contributed by atoms with E-state index >= 15 is 0 Å². The van der Waals surface area contributed by atoms with E-state index in [9.17, 15) is 4.79 Å². The van der Waals surface area contributed by atoms with Gasteiger partial charge in [0, 0.05) is 46.2 Å². The lowest BCUT2D eigenvalue weighted by atomic mass is 10.1. The summed E-state index contributed by atoms with van der Waals surface area (Å²) >= 11 is 0. The highest BCUT2D eigenvalue weighted by Crippen LogP contribution is 2.21. The van der Waals surface area contributed by atoms with Crippen molar-refractivity contribution in [1.29, 1.82) is 0 Å². The first kappa shape index (κ1) is 14.6. The van der Waals surface area contributed by atoms with Gasteiger partial charge in [-0.25, -0.2) is 4.98 Å². The van der Waals surface area contributed by atoms with Crippen LogP contribution in [-0.4, -0.2) is 54.0 Å². The van der Waals surface area contributed by atoms with Crippen molar-refractivity contribution in [3.05, 3.63) is 11.8 Å². The molecule has 1 aromatic heterocycles. The zero-order valence-electron chi connectivity index (χ0n) is 12.7. The highest BCUT2D eigenvalue weighted by molar-refractivity contribution is 5.73. The van der Waals surface area contributed by atoms with E-state index in [0.717, 1.165) is 37.7 Å². The van der Waals surface area contributed by atoms with E-state index in [-0.39, 0.29) is 5.91 Å². The second-order valence-corrected chi connectivity index (χ2v) is 5.37. The van der Waals surface area contributed by atoms with E-state index in [1.807, 2.05) is 11.9 Å². The van der Waals surface area contributed by atoms with Crippen LogP contribution in [0.25, 0.3) is 0 Å². The van der Waals surface area contributed by atoms with Gasteiger partial charge in [0.25, 0.3) is 0 Å². The van der Waals surface area contributed by atoms with Gasteiger partial charge in [0.15, 0.2) is 0 Å².